The summed E-state index contributed by atoms with van der Waals surface area (Å²) in [5, 5.41) is 9.51. The first-order chi connectivity index (χ1) is 8.21. The largest absolute Gasteiger partial charge is 0.408 e. The number of hydrogen-bond donors (Lipinski definition) is 1. The van der Waals surface area contributed by atoms with Crippen LogP contribution in [-0.2, 0) is 9.16 Å². The van der Waals surface area contributed by atoms with Crippen molar-refractivity contribution in [2.45, 2.75) is 57.2 Å². The highest BCUT2D eigenvalue weighted by Gasteiger charge is 2.41. The Kier molecular flexibility index (Phi) is 4.79. The summed E-state index contributed by atoms with van der Waals surface area (Å²) in [6.07, 6.45) is 8.13. The number of ether oxygens (including phenoxy) is 1. The lowest BCUT2D eigenvalue weighted by molar-refractivity contribution is -0.0585. The zero-order valence-electron chi connectivity index (χ0n) is 11.9. The van der Waals surface area contributed by atoms with Gasteiger partial charge in [0.05, 0.1) is 12.7 Å². The smallest absolute Gasteiger partial charge is 0.193 e. The minimum absolute atomic E-state index is 0.0815. The van der Waals surface area contributed by atoms with Crippen LogP contribution in [0.5, 0.6) is 0 Å². The van der Waals surface area contributed by atoms with E-state index in [9.17, 15) is 5.11 Å². The molecule has 4 heteroatoms. The third-order valence-corrected chi connectivity index (χ3v) is 8.22. The van der Waals surface area contributed by atoms with Crippen LogP contribution in [0.1, 0.15) is 20.8 Å². The zero-order valence-corrected chi connectivity index (χ0v) is 12.9. The molecule has 3 atom stereocenters. The van der Waals surface area contributed by atoms with Gasteiger partial charge in [-0.3, -0.25) is 0 Å². The third kappa shape index (κ3) is 3.45. The fourth-order valence-corrected chi connectivity index (χ4v) is 2.78. The first kappa shape index (κ1) is 15.5. The molecular formula is C14H24O3Si. The highest BCUT2D eigenvalue weighted by Crippen LogP contribution is 2.38. The summed E-state index contributed by atoms with van der Waals surface area (Å²) in [5.74, 6) is 2.52. The summed E-state index contributed by atoms with van der Waals surface area (Å²) >= 11 is 0. The van der Waals surface area contributed by atoms with Crippen LogP contribution in [0, 0.1) is 12.3 Å². The molecule has 0 saturated carbocycles. The minimum atomic E-state index is -1.88. The predicted molar refractivity (Wildman–Crippen MR) is 75.8 cm³/mol. The quantitative estimate of drug-likeness (QED) is 0.485. The number of aliphatic hydroxyl groups excluding tert-OH is 1. The van der Waals surface area contributed by atoms with E-state index in [1.165, 1.54) is 0 Å². The highest BCUT2D eigenvalue weighted by molar-refractivity contribution is 6.74. The lowest BCUT2D eigenvalue weighted by Gasteiger charge is -2.41. The molecule has 1 heterocycles. The molecule has 1 aliphatic rings. The maximum Gasteiger partial charge on any atom is 0.193 e. The van der Waals surface area contributed by atoms with Gasteiger partial charge in [0.2, 0.25) is 0 Å². The van der Waals surface area contributed by atoms with Crippen molar-refractivity contribution in [1.29, 1.82) is 0 Å². The minimum Gasteiger partial charge on any atom is -0.408 e. The highest BCUT2D eigenvalue weighted by atomic mass is 28.4. The summed E-state index contributed by atoms with van der Waals surface area (Å²) in [4.78, 5) is 0. The van der Waals surface area contributed by atoms with E-state index >= 15 is 0 Å². The van der Waals surface area contributed by atoms with Gasteiger partial charge in [-0.25, -0.2) is 0 Å². The summed E-state index contributed by atoms with van der Waals surface area (Å²) in [6, 6.07) is 0. The van der Waals surface area contributed by atoms with Crippen molar-refractivity contribution in [3.63, 3.8) is 0 Å². The Morgan fingerprint density at radius 2 is 2.00 bits per heavy atom. The molecule has 0 spiro atoms. The molecule has 0 amide bonds. The molecule has 0 aliphatic carbocycles. The maximum absolute atomic E-state index is 9.38. The Morgan fingerprint density at radius 1 is 1.39 bits per heavy atom. The van der Waals surface area contributed by atoms with E-state index in [0.29, 0.717) is 0 Å². The standard InChI is InChI=1S/C14H24O3Si/c1-7-11-8-9-12(13(10-15)16-11)17-18(5,6)14(2,3)4/h1,8-9,11-13,15H,10H2,2-6H3/t11?,12-,13-/m1/s1. The van der Waals surface area contributed by atoms with Crippen LogP contribution >= 0.6 is 0 Å². The van der Waals surface area contributed by atoms with E-state index in [-0.39, 0.29) is 30.0 Å². The average molecular weight is 268 g/mol. The van der Waals surface area contributed by atoms with Crippen molar-refractivity contribution in [3.8, 4) is 12.3 Å². The molecule has 0 bridgehead atoms. The molecule has 1 N–H and O–H groups in total. The zero-order chi connectivity index (χ0) is 14.0. The Morgan fingerprint density at radius 3 is 2.44 bits per heavy atom. The average Bonchev–Trinajstić information content (AvgIpc) is 2.27. The summed E-state index contributed by atoms with van der Waals surface area (Å²) < 4.78 is 11.8. The lowest BCUT2D eigenvalue weighted by Crippen LogP contribution is -2.49. The monoisotopic (exact) mass is 268 g/mol. The second-order valence-electron chi connectivity index (χ2n) is 6.17. The molecule has 1 rings (SSSR count). The van der Waals surface area contributed by atoms with Crippen molar-refractivity contribution < 1.29 is 14.3 Å². The molecular weight excluding hydrogens is 244 g/mol. The van der Waals surface area contributed by atoms with E-state index in [1.807, 2.05) is 12.2 Å². The molecule has 1 unspecified atom stereocenters. The predicted octanol–water partition coefficient (Wildman–Crippen LogP) is 2.33. The van der Waals surface area contributed by atoms with Crippen LogP contribution < -0.4 is 0 Å². The Hall–Kier alpha value is -0.603. The summed E-state index contributed by atoms with van der Waals surface area (Å²) in [5.41, 5.74) is 0. The number of aliphatic hydroxyl groups is 1. The molecule has 0 aromatic carbocycles. The van der Waals surface area contributed by atoms with Crippen LogP contribution in [-0.4, -0.2) is 38.3 Å². The second-order valence-corrected chi connectivity index (χ2v) is 10.9. The van der Waals surface area contributed by atoms with Crippen molar-refractivity contribution in [2.75, 3.05) is 6.61 Å². The third-order valence-electron chi connectivity index (χ3n) is 3.74. The van der Waals surface area contributed by atoms with Gasteiger partial charge in [0, 0.05) is 0 Å². The van der Waals surface area contributed by atoms with Gasteiger partial charge < -0.3 is 14.3 Å². The second kappa shape index (κ2) is 5.58. The first-order valence-corrected chi connectivity index (χ1v) is 9.20. The molecule has 0 fully saturated rings. The number of terminal acetylenes is 1. The molecule has 0 aromatic rings. The fraction of sp³-hybridized carbons (Fsp3) is 0.714. The van der Waals surface area contributed by atoms with Crippen LogP contribution in [0.2, 0.25) is 18.1 Å². The van der Waals surface area contributed by atoms with Gasteiger partial charge >= 0.3 is 0 Å². The van der Waals surface area contributed by atoms with Crippen LogP contribution in [0.25, 0.3) is 0 Å². The van der Waals surface area contributed by atoms with Gasteiger partial charge in [0.15, 0.2) is 8.32 Å². The Balaban J connectivity index is 2.81. The van der Waals surface area contributed by atoms with Crippen molar-refractivity contribution in [3.05, 3.63) is 12.2 Å². The normalized spacial score (nSPS) is 29.1. The number of hydrogen-bond acceptors (Lipinski definition) is 3. The van der Waals surface area contributed by atoms with Crippen molar-refractivity contribution >= 4 is 8.32 Å². The fourth-order valence-electron chi connectivity index (χ4n) is 1.52. The Labute approximate surface area is 111 Å². The molecule has 1 aliphatic heterocycles. The molecule has 0 radical (unpaired) electrons. The van der Waals surface area contributed by atoms with Gasteiger partial charge in [-0.05, 0) is 24.2 Å². The number of rotatable bonds is 3. The van der Waals surface area contributed by atoms with Gasteiger partial charge in [-0.15, -0.1) is 6.42 Å². The summed E-state index contributed by atoms with van der Waals surface area (Å²) in [6.45, 7) is 10.8. The molecule has 102 valence electrons. The van der Waals surface area contributed by atoms with Gasteiger partial charge in [-0.1, -0.05) is 32.8 Å². The maximum atomic E-state index is 9.38. The molecule has 18 heavy (non-hydrogen) atoms. The SMILES string of the molecule is C#CC1C=C[C@@H](O[Si](C)(C)C(C)(C)C)[C@@H](CO)O1. The summed E-state index contributed by atoms with van der Waals surface area (Å²) in [7, 11) is -1.88. The lowest BCUT2D eigenvalue weighted by atomic mass is 10.1. The van der Waals surface area contributed by atoms with E-state index in [4.69, 9.17) is 15.6 Å². The molecule has 0 aromatic heterocycles. The van der Waals surface area contributed by atoms with Gasteiger partial charge in [0.25, 0.3) is 0 Å². The van der Waals surface area contributed by atoms with E-state index in [1.54, 1.807) is 0 Å². The van der Waals surface area contributed by atoms with E-state index in [0.717, 1.165) is 0 Å². The topological polar surface area (TPSA) is 38.7 Å². The molecule has 3 nitrogen and oxygen atoms in total. The van der Waals surface area contributed by atoms with Crippen LogP contribution in [0.4, 0.5) is 0 Å². The van der Waals surface area contributed by atoms with Gasteiger partial charge in [-0.2, -0.15) is 0 Å². The molecule has 0 saturated heterocycles. The Bertz CT molecular complexity index is 349. The van der Waals surface area contributed by atoms with Gasteiger partial charge in [0.1, 0.15) is 12.2 Å². The van der Waals surface area contributed by atoms with Crippen LogP contribution in [0.15, 0.2) is 12.2 Å². The van der Waals surface area contributed by atoms with Crippen molar-refractivity contribution in [1.82, 2.24) is 0 Å². The van der Waals surface area contributed by atoms with Crippen LogP contribution in [0.3, 0.4) is 0 Å². The van der Waals surface area contributed by atoms with E-state index in [2.05, 4.69) is 39.8 Å². The van der Waals surface area contributed by atoms with E-state index < -0.39 is 8.32 Å². The first-order valence-electron chi connectivity index (χ1n) is 6.30. The van der Waals surface area contributed by atoms with Crippen molar-refractivity contribution in [2.24, 2.45) is 0 Å².